The molecule has 1 aliphatic rings. The summed E-state index contributed by atoms with van der Waals surface area (Å²) in [5.74, 6) is 0.529. The van der Waals surface area contributed by atoms with Gasteiger partial charge in [0.05, 0.1) is 6.04 Å². The molecule has 3 heteroatoms. The average Bonchev–Trinajstić information content (AvgIpc) is 2.73. The van der Waals surface area contributed by atoms with Crippen LogP contribution in [0.2, 0.25) is 0 Å². The first-order valence-corrected chi connectivity index (χ1v) is 10.7. The van der Waals surface area contributed by atoms with Crippen molar-refractivity contribution in [3.05, 3.63) is 71.8 Å². The van der Waals surface area contributed by atoms with Crippen molar-refractivity contribution in [3.63, 3.8) is 0 Å². The molecule has 1 saturated carbocycles. The van der Waals surface area contributed by atoms with Gasteiger partial charge in [-0.15, -0.1) is 0 Å². The number of ether oxygens (including phenoxy) is 1. The van der Waals surface area contributed by atoms with Crippen molar-refractivity contribution in [2.75, 3.05) is 0 Å². The van der Waals surface area contributed by atoms with E-state index in [1.165, 1.54) is 18.2 Å². The van der Waals surface area contributed by atoms with Crippen LogP contribution in [0.25, 0.3) is 0 Å². The fraction of sp³-hybridized carbons (Fsp3) is 0.462. The Morgan fingerprint density at radius 1 is 1.07 bits per heavy atom. The van der Waals surface area contributed by atoms with E-state index in [9.17, 15) is 4.79 Å². The van der Waals surface area contributed by atoms with Crippen molar-refractivity contribution in [3.8, 4) is 0 Å². The van der Waals surface area contributed by atoms with Crippen molar-refractivity contribution < 1.29 is 9.53 Å². The van der Waals surface area contributed by atoms with Crippen LogP contribution in [0.3, 0.4) is 0 Å². The molecule has 0 N–H and O–H groups in total. The first-order valence-electron chi connectivity index (χ1n) is 10.7. The summed E-state index contributed by atoms with van der Waals surface area (Å²) in [5.41, 5.74) is 2.33. The van der Waals surface area contributed by atoms with E-state index >= 15 is 0 Å². The maximum absolute atomic E-state index is 12.6. The van der Waals surface area contributed by atoms with Crippen LogP contribution in [0.1, 0.15) is 64.1 Å². The molecular weight excluding hydrogens is 358 g/mol. The monoisotopic (exact) mass is 391 g/mol. The Morgan fingerprint density at radius 2 is 1.69 bits per heavy atom. The number of nitrogens with zero attached hydrogens (tertiary/aromatic N) is 1. The van der Waals surface area contributed by atoms with E-state index < -0.39 is 0 Å². The van der Waals surface area contributed by atoms with Gasteiger partial charge < -0.3 is 4.74 Å². The Bertz CT molecular complexity index is 813. The third-order valence-corrected chi connectivity index (χ3v) is 6.45. The second kappa shape index (κ2) is 9.39. The number of carbonyl (C=O) groups excluding carboxylic acids is 1. The predicted molar refractivity (Wildman–Crippen MR) is 119 cm³/mol. The van der Waals surface area contributed by atoms with Gasteiger partial charge in [0.15, 0.2) is 0 Å². The molecule has 29 heavy (non-hydrogen) atoms. The van der Waals surface area contributed by atoms with Gasteiger partial charge in [-0.25, -0.2) is 4.79 Å². The van der Waals surface area contributed by atoms with E-state index in [-0.39, 0.29) is 23.5 Å². The van der Waals surface area contributed by atoms with Crippen molar-refractivity contribution in [1.82, 2.24) is 0 Å². The standard InChI is InChI=1S/C26H33NO2/c1-19-15-16-23(26(3,4)22-13-9-6-10-14-22)24(17-19)29-25(28)18-27-20(2)21-11-7-5-8-12-21/h5-14,18-20,23-24H,15-17H2,1-4H3/t19-,20-,23-,24-/m1/s1. The van der Waals surface area contributed by atoms with Gasteiger partial charge in [-0.3, -0.25) is 4.99 Å². The highest BCUT2D eigenvalue weighted by atomic mass is 16.5. The molecule has 4 atom stereocenters. The maximum atomic E-state index is 12.6. The molecule has 1 fully saturated rings. The summed E-state index contributed by atoms with van der Waals surface area (Å²) in [7, 11) is 0. The van der Waals surface area contributed by atoms with Crippen molar-refractivity contribution in [2.24, 2.45) is 16.8 Å². The highest BCUT2D eigenvalue weighted by molar-refractivity contribution is 6.23. The molecular formula is C26H33NO2. The van der Waals surface area contributed by atoms with Crippen LogP contribution in [0.4, 0.5) is 0 Å². The summed E-state index contributed by atoms with van der Waals surface area (Å²) >= 11 is 0. The third kappa shape index (κ3) is 5.35. The lowest BCUT2D eigenvalue weighted by atomic mass is 9.64. The van der Waals surface area contributed by atoms with Crippen LogP contribution < -0.4 is 0 Å². The lowest BCUT2D eigenvalue weighted by Gasteiger charge is -2.43. The highest BCUT2D eigenvalue weighted by Gasteiger charge is 2.41. The van der Waals surface area contributed by atoms with Crippen LogP contribution in [0.5, 0.6) is 0 Å². The number of benzene rings is 2. The first-order chi connectivity index (χ1) is 13.9. The van der Waals surface area contributed by atoms with E-state index in [1.54, 1.807) is 0 Å². The number of rotatable bonds is 6. The van der Waals surface area contributed by atoms with Crippen molar-refractivity contribution >= 4 is 12.2 Å². The van der Waals surface area contributed by atoms with E-state index in [0.717, 1.165) is 18.4 Å². The highest BCUT2D eigenvalue weighted by Crippen LogP contribution is 2.43. The molecule has 1 aliphatic carbocycles. The number of carbonyl (C=O) groups is 1. The fourth-order valence-corrected chi connectivity index (χ4v) is 4.54. The van der Waals surface area contributed by atoms with Gasteiger partial charge in [0, 0.05) is 5.92 Å². The summed E-state index contributed by atoms with van der Waals surface area (Å²) in [6.45, 7) is 8.78. The summed E-state index contributed by atoms with van der Waals surface area (Å²) in [6, 6.07) is 20.5. The molecule has 0 aromatic heterocycles. The van der Waals surface area contributed by atoms with Gasteiger partial charge >= 0.3 is 5.97 Å². The van der Waals surface area contributed by atoms with Crippen molar-refractivity contribution in [1.29, 1.82) is 0 Å². The summed E-state index contributed by atoms with van der Waals surface area (Å²) < 4.78 is 5.98. The van der Waals surface area contributed by atoms with Crippen LogP contribution in [-0.2, 0) is 14.9 Å². The van der Waals surface area contributed by atoms with Gasteiger partial charge in [0.25, 0.3) is 0 Å². The van der Waals surface area contributed by atoms with Crippen LogP contribution in [0, 0.1) is 11.8 Å². The SMILES string of the molecule is C[C@@H]1CC[C@@H](C(C)(C)c2ccccc2)[C@H](OC(=O)C=N[C@H](C)c2ccccc2)C1. The Balaban J connectivity index is 1.71. The summed E-state index contributed by atoms with van der Waals surface area (Å²) in [4.78, 5) is 17.0. The van der Waals surface area contributed by atoms with Crippen LogP contribution >= 0.6 is 0 Å². The Morgan fingerprint density at radius 3 is 2.34 bits per heavy atom. The molecule has 0 spiro atoms. The molecule has 154 valence electrons. The maximum Gasteiger partial charge on any atom is 0.349 e. The molecule has 3 nitrogen and oxygen atoms in total. The van der Waals surface area contributed by atoms with E-state index in [2.05, 4.69) is 50.0 Å². The lowest BCUT2D eigenvalue weighted by Crippen LogP contribution is -2.43. The number of hydrogen-bond donors (Lipinski definition) is 0. The molecule has 0 heterocycles. The summed E-state index contributed by atoms with van der Waals surface area (Å²) in [5, 5.41) is 0. The minimum absolute atomic E-state index is 0.0547. The second-order valence-corrected chi connectivity index (χ2v) is 8.95. The van der Waals surface area contributed by atoms with Gasteiger partial charge in [0.2, 0.25) is 0 Å². The molecule has 3 rings (SSSR count). The van der Waals surface area contributed by atoms with Crippen molar-refractivity contribution in [2.45, 2.75) is 64.5 Å². The Hall–Kier alpha value is -2.42. The van der Waals surface area contributed by atoms with E-state index in [1.807, 2.05) is 43.3 Å². The van der Waals surface area contributed by atoms with Gasteiger partial charge in [-0.1, -0.05) is 87.9 Å². The fourth-order valence-electron chi connectivity index (χ4n) is 4.54. The molecule has 0 aliphatic heterocycles. The topological polar surface area (TPSA) is 38.7 Å². The van der Waals surface area contributed by atoms with Gasteiger partial charge in [-0.2, -0.15) is 0 Å². The molecule has 0 radical (unpaired) electrons. The Labute approximate surface area is 175 Å². The smallest absolute Gasteiger partial charge is 0.349 e. The Kier molecular flexibility index (Phi) is 6.89. The zero-order valence-corrected chi connectivity index (χ0v) is 18.0. The normalized spacial score (nSPS) is 23.7. The van der Waals surface area contributed by atoms with Gasteiger partial charge in [-0.05, 0) is 42.2 Å². The molecule has 0 saturated heterocycles. The quantitative estimate of drug-likeness (QED) is 0.438. The van der Waals surface area contributed by atoms with Crippen LogP contribution in [-0.4, -0.2) is 18.3 Å². The zero-order chi connectivity index (χ0) is 20.9. The molecule has 0 bridgehead atoms. The minimum Gasteiger partial charge on any atom is -0.458 e. The molecule has 0 amide bonds. The first kappa shape index (κ1) is 21.3. The lowest BCUT2D eigenvalue weighted by molar-refractivity contribution is -0.147. The number of aliphatic imine (C=N–C) groups is 1. The second-order valence-electron chi connectivity index (χ2n) is 8.95. The zero-order valence-electron chi connectivity index (χ0n) is 18.0. The summed E-state index contributed by atoms with van der Waals surface area (Å²) in [6.07, 6.45) is 4.44. The van der Waals surface area contributed by atoms with E-state index in [0.29, 0.717) is 11.8 Å². The van der Waals surface area contributed by atoms with E-state index in [4.69, 9.17) is 4.74 Å². The number of esters is 1. The largest absolute Gasteiger partial charge is 0.458 e. The predicted octanol–water partition coefficient (Wildman–Crippen LogP) is 6.14. The minimum atomic E-state index is -0.333. The molecule has 0 unspecified atom stereocenters. The number of hydrogen-bond acceptors (Lipinski definition) is 3. The average molecular weight is 392 g/mol. The molecule has 2 aromatic rings. The van der Waals surface area contributed by atoms with Gasteiger partial charge in [0.1, 0.15) is 12.3 Å². The molecule has 2 aromatic carbocycles. The third-order valence-electron chi connectivity index (χ3n) is 6.45. The van der Waals surface area contributed by atoms with Crippen LogP contribution in [0.15, 0.2) is 65.7 Å².